The average Bonchev–Trinajstić information content (AvgIpc) is 2.41. The van der Waals surface area contributed by atoms with Gasteiger partial charge in [0.05, 0.1) is 5.92 Å². The number of hydrogen-bond acceptors (Lipinski definition) is 2. The van der Waals surface area contributed by atoms with Gasteiger partial charge in [0, 0.05) is 12.1 Å². The zero-order valence-electron chi connectivity index (χ0n) is 11.6. The third-order valence-electron chi connectivity index (χ3n) is 3.69. The highest BCUT2D eigenvalue weighted by Gasteiger charge is 2.21. The van der Waals surface area contributed by atoms with Crippen LogP contribution in [0.5, 0.6) is 0 Å². The molecule has 0 aliphatic carbocycles. The summed E-state index contributed by atoms with van der Waals surface area (Å²) in [6.07, 6.45) is 2.03. The zero-order valence-corrected chi connectivity index (χ0v) is 11.6. The summed E-state index contributed by atoms with van der Waals surface area (Å²) in [5.41, 5.74) is 5.51. The van der Waals surface area contributed by atoms with Gasteiger partial charge in [-0.15, -0.1) is 0 Å². The second-order valence-corrected chi connectivity index (χ2v) is 5.02. The number of carbonyl (C=O) groups is 1. The summed E-state index contributed by atoms with van der Waals surface area (Å²) in [7, 11) is 0. The Morgan fingerprint density at radius 2 is 1.95 bits per heavy atom. The Bertz CT molecular complexity index is 431. The molecule has 2 atom stereocenters. The van der Waals surface area contributed by atoms with E-state index in [9.17, 15) is 13.6 Å². The number of nitrogens with two attached hydrogens (primary N) is 1. The number of carboxylic acids is 1. The molecule has 0 fully saturated rings. The summed E-state index contributed by atoms with van der Waals surface area (Å²) < 4.78 is 27.0. The maximum Gasteiger partial charge on any atom is 0.307 e. The third kappa shape index (κ3) is 4.56. The molecule has 112 valence electrons. The summed E-state index contributed by atoms with van der Waals surface area (Å²) in [5.74, 6) is -2.51. The van der Waals surface area contributed by atoms with Gasteiger partial charge in [-0.3, -0.25) is 4.79 Å². The molecule has 0 saturated carbocycles. The topological polar surface area (TPSA) is 63.3 Å². The Balaban J connectivity index is 2.63. The quantitative estimate of drug-likeness (QED) is 0.772. The van der Waals surface area contributed by atoms with Gasteiger partial charge in [-0.2, -0.15) is 0 Å². The first-order valence-electron chi connectivity index (χ1n) is 6.85. The van der Waals surface area contributed by atoms with Crippen molar-refractivity contribution >= 4 is 5.97 Å². The van der Waals surface area contributed by atoms with Crippen LogP contribution < -0.4 is 5.73 Å². The molecular formula is C15H21F2NO2. The molecule has 2 unspecified atom stereocenters. The zero-order chi connectivity index (χ0) is 15.1. The lowest BCUT2D eigenvalue weighted by Crippen LogP contribution is -2.26. The van der Waals surface area contributed by atoms with Crippen molar-refractivity contribution in [2.45, 2.75) is 32.6 Å². The van der Waals surface area contributed by atoms with E-state index in [1.807, 2.05) is 6.92 Å². The Morgan fingerprint density at radius 1 is 1.35 bits per heavy atom. The molecule has 1 rings (SSSR count). The fourth-order valence-corrected chi connectivity index (χ4v) is 2.31. The molecule has 0 aliphatic heterocycles. The molecule has 0 radical (unpaired) electrons. The number of benzene rings is 1. The van der Waals surface area contributed by atoms with E-state index >= 15 is 0 Å². The number of hydrogen-bond donors (Lipinski definition) is 2. The fourth-order valence-electron chi connectivity index (χ4n) is 2.31. The molecule has 0 aliphatic rings. The first-order chi connectivity index (χ1) is 9.49. The molecule has 0 heterocycles. The van der Waals surface area contributed by atoms with Crippen molar-refractivity contribution in [2.24, 2.45) is 17.6 Å². The highest BCUT2D eigenvalue weighted by atomic mass is 19.1. The van der Waals surface area contributed by atoms with Gasteiger partial charge in [0.15, 0.2) is 0 Å². The van der Waals surface area contributed by atoms with Crippen LogP contribution in [-0.2, 0) is 11.2 Å². The van der Waals surface area contributed by atoms with Crippen LogP contribution >= 0.6 is 0 Å². The summed E-state index contributed by atoms with van der Waals surface area (Å²) in [6.45, 7) is 2.03. The summed E-state index contributed by atoms with van der Waals surface area (Å²) in [6, 6.07) is 3.80. The van der Waals surface area contributed by atoms with Gasteiger partial charge >= 0.3 is 5.97 Å². The number of carboxylic acid groups (broad SMARTS) is 1. The minimum atomic E-state index is -0.914. The van der Waals surface area contributed by atoms with Crippen molar-refractivity contribution in [1.29, 1.82) is 0 Å². The smallest absolute Gasteiger partial charge is 0.307 e. The van der Waals surface area contributed by atoms with Crippen molar-refractivity contribution in [3.8, 4) is 0 Å². The van der Waals surface area contributed by atoms with Gasteiger partial charge in [0.2, 0.25) is 0 Å². The number of halogens is 2. The van der Waals surface area contributed by atoms with E-state index in [4.69, 9.17) is 10.8 Å². The Kier molecular flexibility index (Phi) is 6.58. The Morgan fingerprint density at radius 3 is 2.40 bits per heavy atom. The van der Waals surface area contributed by atoms with Gasteiger partial charge in [0.1, 0.15) is 11.6 Å². The minimum absolute atomic E-state index is 0.0746. The average molecular weight is 285 g/mol. The SMILES string of the molecule is CCC(CCc1c(F)cccc1F)CC(CN)C(=O)O. The highest BCUT2D eigenvalue weighted by molar-refractivity contribution is 5.70. The molecule has 5 heteroatoms. The van der Waals surface area contributed by atoms with Crippen LogP contribution in [0.15, 0.2) is 18.2 Å². The van der Waals surface area contributed by atoms with Crippen LogP contribution in [0.3, 0.4) is 0 Å². The lowest BCUT2D eigenvalue weighted by Gasteiger charge is -2.19. The molecule has 3 N–H and O–H groups in total. The molecule has 3 nitrogen and oxygen atoms in total. The Hall–Kier alpha value is -1.49. The van der Waals surface area contributed by atoms with E-state index < -0.39 is 23.5 Å². The van der Waals surface area contributed by atoms with E-state index in [0.717, 1.165) is 6.42 Å². The molecule has 1 aromatic rings. The molecule has 20 heavy (non-hydrogen) atoms. The predicted molar refractivity (Wildman–Crippen MR) is 73.3 cm³/mol. The predicted octanol–water partition coefficient (Wildman–Crippen LogP) is 2.97. The fraction of sp³-hybridized carbons (Fsp3) is 0.533. The standard InChI is InChI=1S/C15H21F2NO2/c1-2-10(8-11(9-18)15(19)20)6-7-12-13(16)4-3-5-14(12)17/h3-5,10-11H,2,6-9,18H2,1H3,(H,19,20). The van der Waals surface area contributed by atoms with E-state index in [0.29, 0.717) is 12.8 Å². The maximum absolute atomic E-state index is 13.5. The largest absolute Gasteiger partial charge is 0.481 e. The van der Waals surface area contributed by atoms with Crippen LogP contribution in [0, 0.1) is 23.5 Å². The summed E-state index contributed by atoms with van der Waals surface area (Å²) in [4.78, 5) is 11.0. The third-order valence-corrected chi connectivity index (χ3v) is 3.69. The van der Waals surface area contributed by atoms with Gasteiger partial charge in [-0.05, 0) is 37.3 Å². The van der Waals surface area contributed by atoms with Crippen molar-refractivity contribution in [1.82, 2.24) is 0 Å². The van der Waals surface area contributed by atoms with E-state index in [2.05, 4.69) is 0 Å². The molecule has 0 aromatic heterocycles. The maximum atomic E-state index is 13.5. The monoisotopic (exact) mass is 285 g/mol. The van der Waals surface area contributed by atoms with Gasteiger partial charge in [-0.25, -0.2) is 8.78 Å². The van der Waals surface area contributed by atoms with Crippen LogP contribution in [0.25, 0.3) is 0 Å². The van der Waals surface area contributed by atoms with Gasteiger partial charge in [-0.1, -0.05) is 19.4 Å². The molecular weight excluding hydrogens is 264 g/mol. The molecule has 0 saturated heterocycles. The van der Waals surface area contributed by atoms with Crippen LogP contribution in [0.1, 0.15) is 31.7 Å². The van der Waals surface area contributed by atoms with Crippen molar-refractivity contribution in [3.63, 3.8) is 0 Å². The molecule has 0 amide bonds. The van der Waals surface area contributed by atoms with Crippen molar-refractivity contribution in [3.05, 3.63) is 35.4 Å². The number of rotatable bonds is 8. The number of aliphatic carboxylic acids is 1. The molecule has 0 spiro atoms. The van der Waals surface area contributed by atoms with Crippen LogP contribution in [0.4, 0.5) is 8.78 Å². The molecule has 1 aromatic carbocycles. The second-order valence-electron chi connectivity index (χ2n) is 5.02. The second kappa shape index (κ2) is 7.94. The van der Waals surface area contributed by atoms with E-state index in [1.165, 1.54) is 18.2 Å². The first kappa shape index (κ1) is 16.6. The van der Waals surface area contributed by atoms with E-state index in [1.54, 1.807) is 0 Å². The van der Waals surface area contributed by atoms with Crippen LogP contribution in [-0.4, -0.2) is 17.6 Å². The van der Waals surface area contributed by atoms with Crippen molar-refractivity contribution in [2.75, 3.05) is 6.54 Å². The summed E-state index contributed by atoms with van der Waals surface area (Å²) >= 11 is 0. The van der Waals surface area contributed by atoms with Gasteiger partial charge in [0.25, 0.3) is 0 Å². The first-order valence-corrected chi connectivity index (χ1v) is 6.85. The molecule has 0 bridgehead atoms. The van der Waals surface area contributed by atoms with Gasteiger partial charge < -0.3 is 10.8 Å². The highest BCUT2D eigenvalue weighted by Crippen LogP contribution is 2.23. The lowest BCUT2D eigenvalue weighted by atomic mass is 9.88. The normalized spacial score (nSPS) is 14.0. The van der Waals surface area contributed by atoms with E-state index in [-0.39, 0.29) is 24.4 Å². The van der Waals surface area contributed by atoms with Crippen LogP contribution in [0.2, 0.25) is 0 Å². The minimum Gasteiger partial charge on any atom is -0.481 e. The van der Waals surface area contributed by atoms with Crippen molar-refractivity contribution < 1.29 is 18.7 Å². The summed E-state index contributed by atoms with van der Waals surface area (Å²) in [5, 5.41) is 8.99. The lowest BCUT2D eigenvalue weighted by molar-refractivity contribution is -0.142. The Labute approximate surface area is 117 Å².